The van der Waals surface area contributed by atoms with Crippen molar-refractivity contribution in [1.29, 1.82) is 0 Å². The lowest BCUT2D eigenvalue weighted by atomic mass is 9.93. The number of nitrogens with zero attached hydrogens (tertiary/aromatic N) is 4. The van der Waals surface area contributed by atoms with Crippen LogP contribution in [-0.2, 0) is 11.2 Å². The molecular weight excluding hydrogens is 390 g/mol. The number of benzene rings is 2. The second-order valence-electron chi connectivity index (χ2n) is 8.17. The molecule has 1 N–H and O–H groups in total. The van der Waals surface area contributed by atoms with Gasteiger partial charge in [0.15, 0.2) is 5.82 Å². The van der Waals surface area contributed by atoms with Crippen molar-refractivity contribution in [1.82, 2.24) is 20.1 Å². The van der Waals surface area contributed by atoms with E-state index in [0.717, 1.165) is 69.3 Å². The maximum atomic E-state index is 6.15. The van der Waals surface area contributed by atoms with Gasteiger partial charge in [-0.05, 0) is 54.3 Å². The Bertz CT molecular complexity index is 982. The van der Waals surface area contributed by atoms with Gasteiger partial charge in [-0.2, -0.15) is 5.10 Å². The standard InChI is InChI=1S/C24H29N5O2/c1-30-21-5-3-20(4-6-21)29-13-11-28(12-14-29)10-8-23-22-7-2-19(24-25-17-26-27-24)16-18(22)9-15-31-23/h2-7,16-17,23H,8-15H2,1H3,(H,25,26,27)/t23-/m0/s1. The lowest BCUT2D eigenvalue weighted by Crippen LogP contribution is -2.46. The Morgan fingerprint density at radius 3 is 2.68 bits per heavy atom. The number of piperazine rings is 1. The number of anilines is 1. The van der Waals surface area contributed by atoms with Crippen molar-refractivity contribution in [2.45, 2.75) is 18.9 Å². The topological polar surface area (TPSA) is 66.5 Å². The molecule has 0 aliphatic carbocycles. The Hall–Kier alpha value is -2.90. The minimum absolute atomic E-state index is 0.173. The molecule has 1 fully saturated rings. The first-order valence-electron chi connectivity index (χ1n) is 11.0. The first-order chi connectivity index (χ1) is 15.3. The van der Waals surface area contributed by atoms with Gasteiger partial charge >= 0.3 is 0 Å². The van der Waals surface area contributed by atoms with E-state index < -0.39 is 0 Å². The summed E-state index contributed by atoms with van der Waals surface area (Å²) in [6.45, 7) is 6.10. The molecule has 1 saturated heterocycles. The van der Waals surface area contributed by atoms with Crippen LogP contribution in [0.15, 0.2) is 48.8 Å². The van der Waals surface area contributed by atoms with Gasteiger partial charge < -0.3 is 14.4 Å². The van der Waals surface area contributed by atoms with Crippen LogP contribution >= 0.6 is 0 Å². The van der Waals surface area contributed by atoms with E-state index in [4.69, 9.17) is 9.47 Å². The van der Waals surface area contributed by atoms with Crippen molar-refractivity contribution in [2.24, 2.45) is 0 Å². The van der Waals surface area contributed by atoms with Gasteiger partial charge in [-0.1, -0.05) is 12.1 Å². The summed E-state index contributed by atoms with van der Waals surface area (Å²) in [5.74, 6) is 1.73. The number of nitrogens with one attached hydrogen (secondary N) is 1. The van der Waals surface area contributed by atoms with E-state index in [0.29, 0.717) is 0 Å². The Morgan fingerprint density at radius 1 is 1.10 bits per heavy atom. The van der Waals surface area contributed by atoms with E-state index in [1.54, 1.807) is 13.4 Å². The summed E-state index contributed by atoms with van der Waals surface area (Å²) in [6.07, 6.45) is 3.70. The molecule has 0 spiro atoms. The molecule has 1 aromatic heterocycles. The fraction of sp³-hybridized carbons (Fsp3) is 0.417. The summed E-state index contributed by atoms with van der Waals surface area (Å²) in [5, 5.41) is 6.92. The number of aromatic amines is 1. The van der Waals surface area contributed by atoms with E-state index in [9.17, 15) is 0 Å². The third-order valence-electron chi connectivity index (χ3n) is 6.39. The Kier molecular flexibility index (Phi) is 5.86. The monoisotopic (exact) mass is 419 g/mol. The third-order valence-corrected chi connectivity index (χ3v) is 6.39. The Labute approximate surface area is 183 Å². The molecule has 1 atom stereocenters. The molecule has 0 bridgehead atoms. The molecule has 3 heterocycles. The fourth-order valence-corrected chi connectivity index (χ4v) is 4.59. The van der Waals surface area contributed by atoms with Gasteiger partial charge in [0.1, 0.15) is 12.1 Å². The van der Waals surface area contributed by atoms with Crippen LogP contribution in [0.5, 0.6) is 5.75 Å². The predicted octanol–water partition coefficient (Wildman–Crippen LogP) is 3.31. The van der Waals surface area contributed by atoms with E-state index >= 15 is 0 Å². The lowest BCUT2D eigenvalue weighted by molar-refractivity contribution is 0.0289. The smallest absolute Gasteiger partial charge is 0.155 e. The molecule has 0 radical (unpaired) electrons. The van der Waals surface area contributed by atoms with Crippen molar-refractivity contribution >= 4 is 5.69 Å². The van der Waals surface area contributed by atoms with Crippen LogP contribution in [0.25, 0.3) is 11.4 Å². The highest BCUT2D eigenvalue weighted by Gasteiger charge is 2.24. The highest BCUT2D eigenvalue weighted by Crippen LogP contribution is 2.32. The van der Waals surface area contributed by atoms with Crippen LogP contribution in [0.2, 0.25) is 0 Å². The zero-order chi connectivity index (χ0) is 21.0. The molecule has 0 saturated carbocycles. The van der Waals surface area contributed by atoms with Gasteiger partial charge in [0, 0.05) is 44.0 Å². The molecule has 5 rings (SSSR count). The number of fused-ring (bicyclic) bond motifs is 1. The van der Waals surface area contributed by atoms with E-state index in [1.165, 1.54) is 16.8 Å². The molecular formula is C24H29N5O2. The zero-order valence-corrected chi connectivity index (χ0v) is 18.0. The van der Waals surface area contributed by atoms with Crippen LogP contribution in [0.4, 0.5) is 5.69 Å². The summed E-state index contributed by atoms with van der Waals surface area (Å²) >= 11 is 0. The number of ether oxygens (including phenoxy) is 2. The number of hydrogen-bond donors (Lipinski definition) is 1. The number of rotatable bonds is 6. The average Bonchev–Trinajstić information content (AvgIpc) is 3.38. The van der Waals surface area contributed by atoms with Crippen molar-refractivity contribution in [3.8, 4) is 17.1 Å². The molecule has 0 amide bonds. The van der Waals surface area contributed by atoms with Crippen LogP contribution in [0, 0.1) is 0 Å². The second kappa shape index (κ2) is 9.08. The molecule has 31 heavy (non-hydrogen) atoms. The molecule has 2 aliphatic heterocycles. The molecule has 3 aromatic rings. The second-order valence-corrected chi connectivity index (χ2v) is 8.17. The van der Waals surface area contributed by atoms with Gasteiger partial charge in [-0.25, -0.2) is 4.98 Å². The quantitative estimate of drug-likeness (QED) is 0.661. The highest BCUT2D eigenvalue weighted by atomic mass is 16.5. The summed E-state index contributed by atoms with van der Waals surface area (Å²) in [7, 11) is 1.71. The predicted molar refractivity (Wildman–Crippen MR) is 120 cm³/mol. The van der Waals surface area contributed by atoms with Gasteiger partial charge in [-0.15, -0.1) is 0 Å². The lowest BCUT2D eigenvalue weighted by Gasteiger charge is -2.37. The maximum Gasteiger partial charge on any atom is 0.155 e. The Morgan fingerprint density at radius 2 is 1.94 bits per heavy atom. The van der Waals surface area contributed by atoms with Crippen molar-refractivity contribution in [2.75, 3.05) is 51.3 Å². The number of H-pyrrole nitrogens is 1. The molecule has 0 unspecified atom stereocenters. The molecule has 2 aromatic carbocycles. The van der Waals surface area contributed by atoms with E-state index in [2.05, 4.69) is 55.3 Å². The summed E-state index contributed by atoms with van der Waals surface area (Å²) in [5.41, 5.74) is 5.06. The van der Waals surface area contributed by atoms with E-state index in [1.807, 2.05) is 12.1 Å². The van der Waals surface area contributed by atoms with Crippen LogP contribution in [-0.4, -0.2) is 66.5 Å². The van der Waals surface area contributed by atoms with Gasteiger partial charge in [-0.3, -0.25) is 10.00 Å². The number of aromatic nitrogens is 3. The average molecular weight is 420 g/mol. The summed E-state index contributed by atoms with van der Waals surface area (Å²) in [6, 6.07) is 14.9. The van der Waals surface area contributed by atoms with Gasteiger partial charge in [0.05, 0.1) is 19.8 Å². The minimum atomic E-state index is 0.173. The van der Waals surface area contributed by atoms with Gasteiger partial charge in [0.25, 0.3) is 0 Å². The Balaban J connectivity index is 1.16. The first kappa shape index (κ1) is 20.0. The van der Waals surface area contributed by atoms with Crippen LogP contribution in [0.1, 0.15) is 23.7 Å². The largest absolute Gasteiger partial charge is 0.497 e. The van der Waals surface area contributed by atoms with E-state index in [-0.39, 0.29) is 6.10 Å². The first-order valence-corrected chi connectivity index (χ1v) is 11.0. The van der Waals surface area contributed by atoms with Gasteiger partial charge in [0.2, 0.25) is 0 Å². The highest BCUT2D eigenvalue weighted by molar-refractivity contribution is 5.57. The summed E-state index contributed by atoms with van der Waals surface area (Å²) < 4.78 is 11.4. The van der Waals surface area contributed by atoms with Crippen LogP contribution in [0.3, 0.4) is 0 Å². The number of methoxy groups -OCH3 is 1. The molecule has 7 heteroatoms. The molecule has 7 nitrogen and oxygen atoms in total. The van der Waals surface area contributed by atoms with Crippen molar-refractivity contribution < 1.29 is 9.47 Å². The number of hydrogen-bond acceptors (Lipinski definition) is 6. The van der Waals surface area contributed by atoms with Crippen molar-refractivity contribution in [3.63, 3.8) is 0 Å². The zero-order valence-electron chi connectivity index (χ0n) is 18.0. The normalized spacial score (nSPS) is 19.3. The summed E-state index contributed by atoms with van der Waals surface area (Å²) in [4.78, 5) is 9.28. The SMILES string of the molecule is COc1ccc(N2CCN(CC[C@@H]3OCCc4cc(-c5ncn[nH]5)ccc43)CC2)cc1. The fourth-order valence-electron chi connectivity index (χ4n) is 4.59. The molecule has 162 valence electrons. The molecule has 2 aliphatic rings. The van der Waals surface area contributed by atoms with Crippen molar-refractivity contribution in [3.05, 3.63) is 59.9 Å². The maximum absolute atomic E-state index is 6.15. The third kappa shape index (κ3) is 4.43. The van der Waals surface area contributed by atoms with Crippen LogP contribution < -0.4 is 9.64 Å². The minimum Gasteiger partial charge on any atom is -0.497 e.